The number of aromatic nitrogens is 2. The SMILES string of the molecule is Cc1ccc(Cn2c(C)c(C)c3ccnc(N4CCCC(c5ccccc5)C4)c32)cc1. The minimum atomic E-state index is 0.565. The summed E-state index contributed by atoms with van der Waals surface area (Å²) in [6.45, 7) is 9.62. The lowest BCUT2D eigenvalue weighted by Gasteiger charge is -2.34. The summed E-state index contributed by atoms with van der Waals surface area (Å²) in [6, 6.07) is 22.1. The van der Waals surface area contributed by atoms with E-state index in [0.29, 0.717) is 5.92 Å². The lowest BCUT2D eigenvalue weighted by atomic mass is 9.90. The molecule has 2 aromatic heterocycles. The first-order valence-corrected chi connectivity index (χ1v) is 11.4. The zero-order valence-electron chi connectivity index (χ0n) is 18.8. The zero-order valence-corrected chi connectivity index (χ0v) is 18.8. The van der Waals surface area contributed by atoms with Crippen LogP contribution in [0, 0.1) is 20.8 Å². The molecule has 1 saturated heterocycles. The molecule has 0 N–H and O–H groups in total. The van der Waals surface area contributed by atoms with Gasteiger partial charge in [0.15, 0.2) is 5.82 Å². The van der Waals surface area contributed by atoms with Gasteiger partial charge in [0.1, 0.15) is 0 Å². The highest BCUT2D eigenvalue weighted by molar-refractivity contribution is 5.93. The fraction of sp³-hybridized carbons (Fsp3) is 0.321. The summed E-state index contributed by atoms with van der Waals surface area (Å²) in [5.74, 6) is 1.70. The van der Waals surface area contributed by atoms with Crippen molar-refractivity contribution in [2.75, 3.05) is 18.0 Å². The van der Waals surface area contributed by atoms with Crippen molar-refractivity contribution >= 4 is 16.7 Å². The van der Waals surface area contributed by atoms with E-state index in [-0.39, 0.29) is 0 Å². The van der Waals surface area contributed by atoms with Gasteiger partial charge in [-0.3, -0.25) is 0 Å². The normalized spacial score (nSPS) is 16.7. The van der Waals surface area contributed by atoms with Crippen LogP contribution in [0.5, 0.6) is 0 Å². The van der Waals surface area contributed by atoms with E-state index in [4.69, 9.17) is 4.98 Å². The maximum Gasteiger partial charge on any atom is 0.153 e. The van der Waals surface area contributed by atoms with Crippen LogP contribution in [-0.4, -0.2) is 22.6 Å². The third-order valence-corrected chi connectivity index (χ3v) is 6.98. The van der Waals surface area contributed by atoms with Crippen molar-refractivity contribution in [1.82, 2.24) is 9.55 Å². The third-order valence-electron chi connectivity index (χ3n) is 6.98. The number of aryl methyl sites for hydroxylation is 2. The summed E-state index contributed by atoms with van der Waals surface area (Å²) in [6.07, 6.45) is 4.44. The number of rotatable bonds is 4. The molecule has 1 aliphatic rings. The van der Waals surface area contributed by atoms with Crippen molar-refractivity contribution in [2.24, 2.45) is 0 Å². The van der Waals surface area contributed by atoms with Crippen LogP contribution < -0.4 is 4.90 Å². The lowest BCUT2D eigenvalue weighted by Crippen LogP contribution is -2.35. The Balaban J connectivity index is 1.56. The van der Waals surface area contributed by atoms with Gasteiger partial charge in [-0.2, -0.15) is 0 Å². The maximum atomic E-state index is 4.93. The van der Waals surface area contributed by atoms with Crippen molar-refractivity contribution in [3.05, 3.63) is 94.8 Å². The second-order valence-electron chi connectivity index (χ2n) is 9.01. The van der Waals surface area contributed by atoms with E-state index < -0.39 is 0 Å². The highest BCUT2D eigenvalue weighted by Gasteiger charge is 2.25. The minimum absolute atomic E-state index is 0.565. The number of hydrogen-bond acceptors (Lipinski definition) is 2. The molecule has 0 spiro atoms. The largest absolute Gasteiger partial charge is 0.354 e. The Hall–Kier alpha value is -3.07. The van der Waals surface area contributed by atoms with Crippen molar-refractivity contribution < 1.29 is 0 Å². The van der Waals surface area contributed by atoms with Crippen LogP contribution >= 0.6 is 0 Å². The average Bonchev–Trinajstić information content (AvgIpc) is 3.06. The molecule has 158 valence electrons. The summed E-state index contributed by atoms with van der Waals surface area (Å²) in [7, 11) is 0. The Morgan fingerprint density at radius 3 is 2.48 bits per heavy atom. The first kappa shape index (κ1) is 19.9. The Morgan fingerprint density at radius 2 is 1.71 bits per heavy atom. The predicted octanol–water partition coefficient (Wildman–Crippen LogP) is 6.39. The molecule has 0 bridgehead atoms. The van der Waals surface area contributed by atoms with Crippen LogP contribution in [-0.2, 0) is 6.54 Å². The molecule has 3 heterocycles. The van der Waals surface area contributed by atoms with E-state index in [9.17, 15) is 0 Å². The third kappa shape index (κ3) is 3.74. The number of fused-ring (bicyclic) bond motifs is 1. The standard InChI is InChI=1S/C28H31N3/c1-20-11-13-23(14-12-20)18-31-22(3)21(2)26-15-16-29-28(27(26)31)30-17-7-10-25(19-30)24-8-5-4-6-9-24/h4-6,8-9,11-16,25H,7,10,17-19H2,1-3H3. The molecule has 2 aromatic carbocycles. The Bertz CT molecular complexity index is 1190. The highest BCUT2D eigenvalue weighted by Crippen LogP contribution is 2.35. The lowest BCUT2D eigenvalue weighted by molar-refractivity contribution is 0.507. The minimum Gasteiger partial charge on any atom is -0.354 e. The fourth-order valence-corrected chi connectivity index (χ4v) is 5.05. The fourth-order valence-electron chi connectivity index (χ4n) is 5.05. The van der Waals surface area contributed by atoms with Gasteiger partial charge in [0, 0.05) is 42.8 Å². The Labute approximate surface area is 185 Å². The van der Waals surface area contributed by atoms with E-state index >= 15 is 0 Å². The van der Waals surface area contributed by atoms with Gasteiger partial charge in [0.25, 0.3) is 0 Å². The van der Waals surface area contributed by atoms with E-state index in [1.54, 1.807) is 0 Å². The van der Waals surface area contributed by atoms with Gasteiger partial charge in [-0.05, 0) is 56.4 Å². The molecule has 31 heavy (non-hydrogen) atoms. The number of hydrogen-bond donors (Lipinski definition) is 0. The number of piperidine rings is 1. The van der Waals surface area contributed by atoms with Gasteiger partial charge in [0.2, 0.25) is 0 Å². The second kappa shape index (κ2) is 8.22. The van der Waals surface area contributed by atoms with Gasteiger partial charge in [-0.25, -0.2) is 4.98 Å². The van der Waals surface area contributed by atoms with Crippen molar-refractivity contribution in [3.63, 3.8) is 0 Å². The Morgan fingerprint density at radius 1 is 0.935 bits per heavy atom. The number of pyridine rings is 1. The summed E-state index contributed by atoms with van der Waals surface area (Å²) < 4.78 is 2.48. The molecule has 0 amide bonds. The second-order valence-corrected chi connectivity index (χ2v) is 9.01. The van der Waals surface area contributed by atoms with Crippen molar-refractivity contribution in [2.45, 2.75) is 46.1 Å². The van der Waals surface area contributed by atoms with E-state index in [2.05, 4.69) is 90.9 Å². The first-order valence-electron chi connectivity index (χ1n) is 11.4. The zero-order chi connectivity index (χ0) is 21.4. The summed E-state index contributed by atoms with van der Waals surface area (Å²) in [4.78, 5) is 7.46. The van der Waals surface area contributed by atoms with Gasteiger partial charge in [0.05, 0.1) is 5.52 Å². The number of anilines is 1. The topological polar surface area (TPSA) is 21.1 Å². The van der Waals surface area contributed by atoms with Crippen LogP contribution in [0.1, 0.15) is 46.7 Å². The molecule has 0 radical (unpaired) electrons. The predicted molar refractivity (Wildman–Crippen MR) is 130 cm³/mol. The molecule has 5 rings (SSSR count). The van der Waals surface area contributed by atoms with Gasteiger partial charge >= 0.3 is 0 Å². The molecule has 1 fully saturated rings. The molecule has 0 saturated carbocycles. The summed E-state index contributed by atoms with van der Waals surface area (Å²) in [5.41, 5.74) is 8.07. The summed E-state index contributed by atoms with van der Waals surface area (Å²) in [5, 5.41) is 1.33. The molecule has 3 heteroatoms. The maximum absolute atomic E-state index is 4.93. The van der Waals surface area contributed by atoms with Crippen LogP contribution in [0.4, 0.5) is 5.82 Å². The smallest absolute Gasteiger partial charge is 0.153 e. The molecular weight excluding hydrogens is 378 g/mol. The van der Waals surface area contributed by atoms with Crippen LogP contribution in [0.15, 0.2) is 66.9 Å². The van der Waals surface area contributed by atoms with Gasteiger partial charge in [-0.15, -0.1) is 0 Å². The first-order chi connectivity index (χ1) is 15.1. The highest BCUT2D eigenvalue weighted by atomic mass is 15.2. The van der Waals surface area contributed by atoms with E-state index in [1.807, 2.05) is 6.20 Å². The quantitative estimate of drug-likeness (QED) is 0.389. The van der Waals surface area contributed by atoms with E-state index in [1.165, 1.54) is 51.7 Å². The monoisotopic (exact) mass is 409 g/mol. The Kier molecular flexibility index (Phi) is 5.27. The average molecular weight is 410 g/mol. The van der Waals surface area contributed by atoms with E-state index in [0.717, 1.165) is 25.5 Å². The van der Waals surface area contributed by atoms with Crippen molar-refractivity contribution in [1.29, 1.82) is 0 Å². The molecule has 1 unspecified atom stereocenters. The molecule has 3 nitrogen and oxygen atoms in total. The van der Waals surface area contributed by atoms with Crippen LogP contribution in [0.3, 0.4) is 0 Å². The molecule has 1 atom stereocenters. The number of nitrogens with zero attached hydrogens (tertiary/aromatic N) is 3. The van der Waals surface area contributed by atoms with Gasteiger partial charge < -0.3 is 9.47 Å². The molecule has 4 aromatic rings. The van der Waals surface area contributed by atoms with Crippen molar-refractivity contribution in [3.8, 4) is 0 Å². The molecular formula is C28H31N3. The van der Waals surface area contributed by atoms with Gasteiger partial charge in [-0.1, -0.05) is 60.2 Å². The molecule has 1 aliphatic heterocycles. The molecule has 0 aliphatic carbocycles. The number of benzene rings is 2. The summed E-state index contributed by atoms with van der Waals surface area (Å²) >= 11 is 0. The van der Waals surface area contributed by atoms with Crippen LogP contribution in [0.2, 0.25) is 0 Å². The van der Waals surface area contributed by atoms with Crippen LogP contribution in [0.25, 0.3) is 10.9 Å².